The molecule has 2 aromatic heterocycles. The van der Waals surface area contributed by atoms with Crippen LogP contribution in [0.4, 0.5) is 0 Å². The minimum atomic E-state index is -0.323. The molecule has 0 aromatic carbocycles. The molecule has 130 valence electrons. The maximum Gasteiger partial charge on any atom is 0.255 e. The molecular weight excluding hydrogens is 310 g/mol. The molecular formula is C17H23N3O4. The summed E-state index contributed by atoms with van der Waals surface area (Å²) in [5.74, 6) is 2.42. The number of aryl methyl sites for hydroxylation is 3. The quantitative estimate of drug-likeness (QED) is 0.925. The Kier molecular flexibility index (Phi) is 4.71. The van der Waals surface area contributed by atoms with Crippen molar-refractivity contribution < 1.29 is 18.5 Å². The number of carbonyl (C=O) groups is 1. The highest BCUT2D eigenvalue weighted by Crippen LogP contribution is 2.30. The summed E-state index contributed by atoms with van der Waals surface area (Å²) < 4.78 is 16.3. The average molecular weight is 333 g/mol. The summed E-state index contributed by atoms with van der Waals surface area (Å²) in [7, 11) is 0. The molecule has 0 spiro atoms. The largest absolute Gasteiger partial charge is 0.466 e. The molecule has 1 atom stereocenters. The van der Waals surface area contributed by atoms with Crippen molar-refractivity contribution in [1.29, 1.82) is 0 Å². The number of carbonyl (C=O) groups excluding carboxylic acids is 1. The van der Waals surface area contributed by atoms with Gasteiger partial charge >= 0.3 is 0 Å². The maximum atomic E-state index is 12.8. The van der Waals surface area contributed by atoms with Gasteiger partial charge in [0.1, 0.15) is 17.6 Å². The fourth-order valence-corrected chi connectivity index (χ4v) is 3.21. The lowest BCUT2D eigenvalue weighted by atomic mass is 9.91. The molecule has 3 rings (SSSR count). The Morgan fingerprint density at radius 1 is 1.17 bits per heavy atom. The predicted molar refractivity (Wildman–Crippen MR) is 85.7 cm³/mol. The van der Waals surface area contributed by atoms with Gasteiger partial charge in [-0.15, -0.1) is 0 Å². The first-order valence-corrected chi connectivity index (χ1v) is 8.22. The lowest BCUT2D eigenvalue weighted by Crippen LogP contribution is -2.36. The molecule has 1 aliphatic heterocycles. The van der Waals surface area contributed by atoms with Crippen LogP contribution in [0.15, 0.2) is 8.94 Å². The summed E-state index contributed by atoms with van der Waals surface area (Å²) >= 11 is 0. The number of ether oxygens (including phenoxy) is 1. The number of furan rings is 1. The van der Waals surface area contributed by atoms with Crippen LogP contribution in [0.3, 0.4) is 0 Å². The van der Waals surface area contributed by atoms with E-state index in [9.17, 15) is 4.79 Å². The van der Waals surface area contributed by atoms with E-state index in [4.69, 9.17) is 13.7 Å². The van der Waals surface area contributed by atoms with Crippen molar-refractivity contribution in [2.75, 3.05) is 13.2 Å². The van der Waals surface area contributed by atoms with E-state index in [0.29, 0.717) is 36.3 Å². The number of nitrogens with one attached hydrogen (secondary N) is 1. The first-order valence-electron chi connectivity index (χ1n) is 8.22. The Labute approximate surface area is 140 Å². The highest BCUT2D eigenvalue weighted by atomic mass is 16.5. The van der Waals surface area contributed by atoms with E-state index < -0.39 is 0 Å². The number of hydrogen-bond acceptors (Lipinski definition) is 6. The third-order valence-corrected chi connectivity index (χ3v) is 4.62. The molecule has 0 bridgehead atoms. The molecule has 0 unspecified atom stereocenters. The Morgan fingerprint density at radius 2 is 1.88 bits per heavy atom. The van der Waals surface area contributed by atoms with E-state index in [-0.39, 0.29) is 17.9 Å². The number of amides is 1. The Bertz CT molecular complexity index is 728. The molecule has 1 saturated heterocycles. The van der Waals surface area contributed by atoms with E-state index in [1.807, 2.05) is 13.8 Å². The molecule has 1 fully saturated rings. The number of aromatic nitrogens is 2. The van der Waals surface area contributed by atoms with Gasteiger partial charge in [-0.25, -0.2) is 0 Å². The normalized spacial score (nSPS) is 17.0. The summed E-state index contributed by atoms with van der Waals surface area (Å²) in [6.07, 6.45) is 1.68. The zero-order valence-electron chi connectivity index (χ0n) is 14.5. The smallest absolute Gasteiger partial charge is 0.255 e. The first kappa shape index (κ1) is 16.7. The van der Waals surface area contributed by atoms with Crippen LogP contribution < -0.4 is 5.32 Å². The van der Waals surface area contributed by atoms with Crippen LogP contribution in [0, 0.1) is 33.6 Å². The van der Waals surface area contributed by atoms with Crippen LogP contribution in [-0.4, -0.2) is 29.3 Å². The SMILES string of the molecule is Cc1noc([C@H](NC(=O)c2c(C)oc(C)c2C)C2CCOCC2)n1. The highest BCUT2D eigenvalue weighted by Gasteiger charge is 2.32. The maximum absolute atomic E-state index is 12.8. The van der Waals surface area contributed by atoms with Crippen molar-refractivity contribution in [2.45, 2.75) is 46.6 Å². The molecule has 24 heavy (non-hydrogen) atoms. The average Bonchev–Trinajstić information content (AvgIpc) is 3.09. The van der Waals surface area contributed by atoms with Gasteiger partial charge in [-0.05, 0) is 46.5 Å². The van der Waals surface area contributed by atoms with Crippen molar-refractivity contribution in [2.24, 2.45) is 5.92 Å². The lowest BCUT2D eigenvalue weighted by Gasteiger charge is -2.28. The van der Waals surface area contributed by atoms with Gasteiger partial charge in [-0.3, -0.25) is 4.79 Å². The number of rotatable bonds is 4. The molecule has 7 heteroatoms. The van der Waals surface area contributed by atoms with Crippen LogP contribution in [0.1, 0.15) is 58.0 Å². The molecule has 1 N–H and O–H groups in total. The van der Waals surface area contributed by atoms with E-state index in [2.05, 4.69) is 15.5 Å². The third kappa shape index (κ3) is 3.21. The van der Waals surface area contributed by atoms with Crippen molar-refractivity contribution in [3.05, 3.63) is 34.4 Å². The number of hydrogen-bond donors (Lipinski definition) is 1. The van der Waals surface area contributed by atoms with Gasteiger partial charge in [0.25, 0.3) is 5.91 Å². The first-order chi connectivity index (χ1) is 11.5. The lowest BCUT2D eigenvalue weighted by molar-refractivity contribution is 0.0467. The zero-order chi connectivity index (χ0) is 17.3. The van der Waals surface area contributed by atoms with Gasteiger partial charge in [-0.2, -0.15) is 4.98 Å². The molecule has 0 aliphatic carbocycles. The van der Waals surface area contributed by atoms with Crippen molar-refractivity contribution >= 4 is 5.91 Å². The monoisotopic (exact) mass is 333 g/mol. The standard InChI is InChI=1S/C17H23N3O4/c1-9-10(2)23-11(3)14(9)16(21)19-15(13-5-7-22-8-6-13)17-18-12(4)20-24-17/h13,15H,5-8H2,1-4H3,(H,19,21)/t15-/m1/s1. The van der Waals surface area contributed by atoms with Gasteiger partial charge in [0.2, 0.25) is 5.89 Å². The Hall–Kier alpha value is -2.15. The number of nitrogens with zero attached hydrogens (tertiary/aromatic N) is 2. The summed E-state index contributed by atoms with van der Waals surface area (Å²) in [5.41, 5.74) is 1.44. The van der Waals surface area contributed by atoms with E-state index in [1.54, 1.807) is 13.8 Å². The van der Waals surface area contributed by atoms with Gasteiger partial charge in [0.15, 0.2) is 5.82 Å². The second-order valence-corrected chi connectivity index (χ2v) is 6.30. The Morgan fingerprint density at radius 3 is 2.42 bits per heavy atom. The van der Waals surface area contributed by atoms with Crippen molar-refractivity contribution in [1.82, 2.24) is 15.5 Å². The minimum Gasteiger partial charge on any atom is -0.466 e. The summed E-state index contributed by atoms with van der Waals surface area (Å²) in [6, 6.07) is -0.323. The second-order valence-electron chi connectivity index (χ2n) is 6.30. The van der Waals surface area contributed by atoms with Gasteiger partial charge < -0.3 is 19.0 Å². The molecule has 2 aromatic rings. The van der Waals surface area contributed by atoms with E-state index in [0.717, 1.165) is 24.2 Å². The van der Waals surface area contributed by atoms with Gasteiger partial charge in [-0.1, -0.05) is 5.16 Å². The van der Waals surface area contributed by atoms with Crippen LogP contribution in [0.2, 0.25) is 0 Å². The van der Waals surface area contributed by atoms with Gasteiger partial charge in [0, 0.05) is 18.8 Å². The molecule has 1 aliphatic rings. The molecule has 0 radical (unpaired) electrons. The van der Waals surface area contributed by atoms with Crippen molar-refractivity contribution in [3.63, 3.8) is 0 Å². The van der Waals surface area contributed by atoms with Gasteiger partial charge in [0.05, 0.1) is 5.56 Å². The third-order valence-electron chi connectivity index (χ3n) is 4.62. The fraction of sp³-hybridized carbons (Fsp3) is 0.588. The molecule has 1 amide bonds. The minimum absolute atomic E-state index is 0.172. The predicted octanol–water partition coefficient (Wildman–Crippen LogP) is 2.79. The summed E-state index contributed by atoms with van der Waals surface area (Å²) in [4.78, 5) is 17.2. The highest BCUT2D eigenvalue weighted by molar-refractivity contribution is 5.97. The van der Waals surface area contributed by atoms with E-state index >= 15 is 0 Å². The second kappa shape index (κ2) is 6.76. The topological polar surface area (TPSA) is 90.4 Å². The summed E-state index contributed by atoms with van der Waals surface area (Å²) in [5, 5.41) is 6.94. The van der Waals surface area contributed by atoms with Crippen LogP contribution >= 0.6 is 0 Å². The van der Waals surface area contributed by atoms with E-state index in [1.165, 1.54) is 0 Å². The Balaban J connectivity index is 1.87. The molecule has 7 nitrogen and oxygen atoms in total. The zero-order valence-corrected chi connectivity index (χ0v) is 14.5. The molecule has 0 saturated carbocycles. The fourth-order valence-electron chi connectivity index (χ4n) is 3.21. The summed E-state index contributed by atoms with van der Waals surface area (Å²) in [6.45, 7) is 8.66. The van der Waals surface area contributed by atoms with Crippen molar-refractivity contribution in [3.8, 4) is 0 Å². The van der Waals surface area contributed by atoms with Crippen LogP contribution in [0.5, 0.6) is 0 Å². The molecule has 3 heterocycles. The van der Waals surface area contributed by atoms with Crippen LogP contribution in [0.25, 0.3) is 0 Å². The van der Waals surface area contributed by atoms with Crippen LogP contribution in [-0.2, 0) is 4.74 Å².